The summed E-state index contributed by atoms with van der Waals surface area (Å²) in [6.07, 6.45) is 1.54. The molecule has 0 amide bonds. The Labute approximate surface area is 106 Å². The van der Waals surface area contributed by atoms with Crippen molar-refractivity contribution in [3.63, 3.8) is 0 Å². The summed E-state index contributed by atoms with van der Waals surface area (Å²) >= 11 is 5.97. The maximum atomic E-state index is 8.79. The van der Waals surface area contributed by atoms with Crippen molar-refractivity contribution in [3.8, 4) is 6.07 Å². The monoisotopic (exact) mass is 251 g/mol. The molecular weight excluding hydrogens is 238 g/mol. The first-order valence-corrected chi connectivity index (χ1v) is 5.53. The van der Waals surface area contributed by atoms with E-state index in [9.17, 15) is 0 Å². The number of halogens is 1. The second-order valence-electron chi connectivity index (χ2n) is 3.57. The third kappa shape index (κ3) is 4.43. The number of anilines is 1. The minimum absolute atomic E-state index is 0.343. The minimum Gasteiger partial charge on any atom is -0.375 e. The van der Waals surface area contributed by atoms with Crippen LogP contribution in [0.3, 0.4) is 0 Å². The Morgan fingerprint density at radius 1 is 1.71 bits per heavy atom. The summed E-state index contributed by atoms with van der Waals surface area (Å²) in [4.78, 5) is 4.05. The van der Waals surface area contributed by atoms with Gasteiger partial charge in [-0.25, -0.2) is 4.98 Å². The number of nitriles is 1. The molecule has 1 aromatic heterocycles. The lowest BCUT2D eigenvalue weighted by atomic mass is 10.3. The van der Waals surface area contributed by atoms with E-state index in [4.69, 9.17) is 21.6 Å². The number of pyridine rings is 1. The summed E-state index contributed by atoms with van der Waals surface area (Å²) in [6, 6.07) is 3.57. The molecule has 5 heteroatoms. The van der Waals surface area contributed by atoms with Gasteiger partial charge in [0.1, 0.15) is 16.9 Å². The van der Waals surface area contributed by atoms with Gasteiger partial charge >= 0.3 is 0 Å². The van der Waals surface area contributed by atoms with Crippen LogP contribution in [0, 0.1) is 11.3 Å². The Hall–Kier alpha value is -1.57. The zero-order valence-electron chi connectivity index (χ0n) is 9.66. The summed E-state index contributed by atoms with van der Waals surface area (Å²) in [5.74, 6) is 0.504. The predicted octanol–water partition coefficient (Wildman–Crippen LogP) is 2.61. The molecular formula is C12H14ClN3O. The number of hydrogen-bond donors (Lipinski definition) is 1. The summed E-state index contributed by atoms with van der Waals surface area (Å²) < 4.78 is 5.32. The van der Waals surface area contributed by atoms with Crippen LogP contribution >= 0.6 is 11.6 Å². The SMILES string of the molecule is C=C(C)COCCNc1nccc(C#N)c1Cl. The molecule has 1 aromatic rings. The van der Waals surface area contributed by atoms with E-state index in [0.29, 0.717) is 36.2 Å². The standard InChI is InChI=1S/C12H14ClN3O/c1-9(2)8-17-6-5-16-12-11(13)10(7-14)3-4-15-12/h3-4H,1,5-6,8H2,2H3,(H,15,16). The van der Waals surface area contributed by atoms with Crippen LogP contribution in [0.25, 0.3) is 0 Å². The zero-order chi connectivity index (χ0) is 12.7. The molecule has 0 fully saturated rings. The first kappa shape index (κ1) is 13.5. The van der Waals surface area contributed by atoms with Crippen LogP contribution < -0.4 is 5.32 Å². The maximum Gasteiger partial charge on any atom is 0.146 e. The molecule has 1 N–H and O–H groups in total. The lowest BCUT2D eigenvalue weighted by molar-refractivity contribution is 0.167. The molecule has 17 heavy (non-hydrogen) atoms. The highest BCUT2D eigenvalue weighted by Gasteiger charge is 2.05. The van der Waals surface area contributed by atoms with Gasteiger partial charge in [0.2, 0.25) is 0 Å². The third-order valence-electron chi connectivity index (χ3n) is 1.90. The minimum atomic E-state index is 0.343. The summed E-state index contributed by atoms with van der Waals surface area (Å²) in [5.41, 5.74) is 1.39. The highest BCUT2D eigenvalue weighted by atomic mass is 35.5. The van der Waals surface area contributed by atoms with E-state index in [1.54, 1.807) is 12.3 Å². The normalized spacial score (nSPS) is 9.71. The second-order valence-corrected chi connectivity index (χ2v) is 3.95. The molecule has 0 unspecified atom stereocenters. The number of hydrogen-bond acceptors (Lipinski definition) is 4. The second kappa shape index (κ2) is 6.89. The van der Waals surface area contributed by atoms with Crippen LogP contribution in [0.2, 0.25) is 5.02 Å². The van der Waals surface area contributed by atoms with Crippen molar-refractivity contribution in [1.82, 2.24) is 4.98 Å². The lowest BCUT2D eigenvalue weighted by Crippen LogP contribution is -2.11. The van der Waals surface area contributed by atoms with Gasteiger partial charge in [0.05, 0.1) is 18.8 Å². The molecule has 4 nitrogen and oxygen atoms in total. The molecule has 0 aliphatic rings. The topological polar surface area (TPSA) is 57.9 Å². The van der Waals surface area contributed by atoms with Crippen LogP contribution in [0.1, 0.15) is 12.5 Å². The van der Waals surface area contributed by atoms with Crippen molar-refractivity contribution < 1.29 is 4.74 Å². The van der Waals surface area contributed by atoms with E-state index in [1.807, 2.05) is 13.0 Å². The van der Waals surface area contributed by atoms with Gasteiger partial charge in [-0.1, -0.05) is 23.8 Å². The van der Waals surface area contributed by atoms with E-state index in [-0.39, 0.29) is 0 Å². The number of ether oxygens (including phenoxy) is 1. The van der Waals surface area contributed by atoms with Crippen molar-refractivity contribution >= 4 is 17.4 Å². The van der Waals surface area contributed by atoms with Gasteiger partial charge in [-0.05, 0) is 13.0 Å². The number of nitrogens with zero attached hydrogens (tertiary/aromatic N) is 2. The fourth-order valence-corrected chi connectivity index (χ4v) is 1.36. The molecule has 0 bridgehead atoms. The van der Waals surface area contributed by atoms with Crippen molar-refractivity contribution in [1.29, 1.82) is 5.26 Å². The van der Waals surface area contributed by atoms with Gasteiger partial charge in [0.25, 0.3) is 0 Å². The third-order valence-corrected chi connectivity index (χ3v) is 2.28. The van der Waals surface area contributed by atoms with Crippen molar-refractivity contribution in [2.75, 3.05) is 25.1 Å². The molecule has 0 aliphatic heterocycles. The number of rotatable bonds is 6. The molecule has 1 heterocycles. The van der Waals surface area contributed by atoms with Crippen LogP contribution in [0.5, 0.6) is 0 Å². The molecule has 90 valence electrons. The number of aromatic nitrogens is 1. The smallest absolute Gasteiger partial charge is 0.146 e. The van der Waals surface area contributed by atoms with Crippen LogP contribution in [0.15, 0.2) is 24.4 Å². The van der Waals surface area contributed by atoms with Crippen LogP contribution in [-0.4, -0.2) is 24.7 Å². The maximum absolute atomic E-state index is 8.79. The Balaban J connectivity index is 2.42. The van der Waals surface area contributed by atoms with Gasteiger partial charge in [-0.3, -0.25) is 0 Å². The Morgan fingerprint density at radius 3 is 3.12 bits per heavy atom. The van der Waals surface area contributed by atoms with E-state index in [1.165, 1.54) is 0 Å². The molecule has 0 saturated carbocycles. The van der Waals surface area contributed by atoms with Gasteiger partial charge < -0.3 is 10.1 Å². The molecule has 0 aromatic carbocycles. The molecule has 0 aliphatic carbocycles. The quantitative estimate of drug-likeness (QED) is 0.624. The van der Waals surface area contributed by atoms with E-state index in [2.05, 4.69) is 16.9 Å². The molecule has 0 radical (unpaired) electrons. The van der Waals surface area contributed by atoms with Gasteiger partial charge in [0.15, 0.2) is 0 Å². The first-order valence-electron chi connectivity index (χ1n) is 5.15. The van der Waals surface area contributed by atoms with Crippen LogP contribution in [0.4, 0.5) is 5.82 Å². The Kier molecular flexibility index (Phi) is 5.47. The highest BCUT2D eigenvalue weighted by molar-refractivity contribution is 6.34. The van der Waals surface area contributed by atoms with E-state index >= 15 is 0 Å². The Morgan fingerprint density at radius 2 is 2.47 bits per heavy atom. The number of nitrogens with one attached hydrogen (secondary N) is 1. The molecule has 0 saturated heterocycles. The van der Waals surface area contributed by atoms with E-state index < -0.39 is 0 Å². The van der Waals surface area contributed by atoms with Crippen molar-refractivity contribution in [2.45, 2.75) is 6.92 Å². The fourth-order valence-electron chi connectivity index (χ4n) is 1.14. The largest absolute Gasteiger partial charge is 0.375 e. The lowest BCUT2D eigenvalue weighted by Gasteiger charge is -2.08. The molecule has 0 atom stereocenters. The fraction of sp³-hybridized carbons (Fsp3) is 0.333. The molecule has 1 rings (SSSR count). The summed E-state index contributed by atoms with van der Waals surface area (Å²) in [7, 11) is 0. The first-order chi connectivity index (χ1) is 8.15. The highest BCUT2D eigenvalue weighted by Crippen LogP contribution is 2.22. The molecule has 0 spiro atoms. The summed E-state index contributed by atoms with van der Waals surface area (Å²) in [5, 5.41) is 12.1. The average Bonchev–Trinajstić information content (AvgIpc) is 2.30. The van der Waals surface area contributed by atoms with Crippen LogP contribution in [-0.2, 0) is 4.74 Å². The predicted molar refractivity (Wildman–Crippen MR) is 68.1 cm³/mol. The Bertz CT molecular complexity index is 440. The van der Waals surface area contributed by atoms with Gasteiger partial charge in [-0.2, -0.15) is 5.26 Å². The van der Waals surface area contributed by atoms with Crippen molar-refractivity contribution in [2.24, 2.45) is 0 Å². The van der Waals surface area contributed by atoms with Gasteiger partial charge in [0, 0.05) is 12.7 Å². The summed E-state index contributed by atoms with van der Waals surface area (Å²) in [6.45, 7) is 7.29. The van der Waals surface area contributed by atoms with E-state index in [0.717, 1.165) is 5.57 Å². The van der Waals surface area contributed by atoms with Gasteiger partial charge in [-0.15, -0.1) is 0 Å². The zero-order valence-corrected chi connectivity index (χ0v) is 10.4. The van der Waals surface area contributed by atoms with Crippen molar-refractivity contribution in [3.05, 3.63) is 35.0 Å². The average molecular weight is 252 g/mol.